The van der Waals surface area contributed by atoms with Gasteiger partial charge in [-0.05, 0) is 35.9 Å². The zero-order valence-corrected chi connectivity index (χ0v) is 16.9. The normalized spacial score (nSPS) is 21.5. The first kappa shape index (κ1) is 18.6. The lowest BCUT2D eigenvalue weighted by molar-refractivity contribution is 0.0863. The van der Waals surface area contributed by atoms with Crippen LogP contribution in [0.1, 0.15) is 24.0 Å². The predicted molar refractivity (Wildman–Crippen MR) is 114 cm³/mol. The average molecular weight is 404 g/mol. The summed E-state index contributed by atoms with van der Waals surface area (Å²) in [5.41, 5.74) is 9.88. The molecular formula is C24H24N2O4. The summed E-state index contributed by atoms with van der Waals surface area (Å²) in [6.07, 6.45) is -0.245. The van der Waals surface area contributed by atoms with Gasteiger partial charge in [0.15, 0.2) is 17.7 Å². The highest BCUT2D eigenvalue weighted by molar-refractivity contribution is 5.56. The van der Waals surface area contributed by atoms with Crippen molar-refractivity contribution in [1.82, 2.24) is 5.43 Å². The largest absolute Gasteiger partial charge is 0.497 e. The van der Waals surface area contributed by atoms with Crippen molar-refractivity contribution in [3.05, 3.63) is 77.9 Å². The monoisotopic (exact) mass is 404 g/mol. The summed E-state index contributed by atoms with van der Waals surface area (Å²) in [6, 6.07) is 22.2. The first-order valence-corrected chi connectivity index (χ1v) is 10.0. The van der Waals surface area contributed by atoms with Gasteiger partial charge in [0.05, 0.1) is 7.11 Å². The number of anilines is 1. The summed E-state index contributed by atoms with van der Waals surface area (Å²) in [4.78, 5) is 0. The topological polar surface area (TPSA) is 61.0 Å². The first-order valence-electron chi connectivity index (χ1n) is 10.0. The molecule has 6 nitrogen and oxygen atoms in total. The molecule has 0 saturated carbocycles. The molecule has 0 radical (unpaired) electrons. The quantitative estimate of drug-likeness (QED) is 0.610. The minimum absolute atomic E-state index is 0.115. The Bertz CT molecular complexity index is 1020. The zero-order valence-electron chi connectivity index (χ0n) is 16.9. The van der Waals surface area contributed by atoms with E-state index in [1.54, 1.807) is 7.11 Å². The highest BCUT2D eigenvalue weighted by Gasteiger charge is 2.38. The van der Waals surface area contributed by atoms with E-state index in [-0.39, 0.29) is 24.9 Å². The van der Waals surface area contributed by atoms with Gasteiger partial charge in [-0.25, -0.2) is 0 Å². The Kier molecular flexibility index (Phi) is 4.85. The predicted octanol–water partition coefficient (Wildman–Crippen LogP) is 4.53. The number of hydrogen-bond donors (Lipinski definition) is 2. The third-order valence-corrected chi connectivity index (χ3v) is 5.70. The van der Waals surface area contributed by atoms with E-state index in [4.69, 9.17) is 18.9 Å². The molecule has 6 heteroatoms. The summed E-state index contributed by atoms with van der Waals surface area (Å²) in [7, 11) is 1.68. The molecule has 154 valence electrons. The summed E-state index contributed by atoms with van der Waals surface area (Å²) in [5.74, 6) is 3.37. The zero-order chi connectivity index (χ0) is 20.5. The Balaban J connectivity index is 1.50. The molecule has 2 N–H and O–H groups in total. The molecule has 0 fully saturated rings. The molecule has 30 heavy (non-hydrogen) atoms. The second kappa shape index (κ2) is 7.80. The molecule has 2 aliphatic heterocycles. The van der Waals surface area contributed by atoms with E-state index in [1.807, 2.05) is 54.6 Å². The van der Waals surface area contributed by atoms with Gasteiger partial charge >= 0.3 is 0 Å². The van der Waals surface area contributed by atoms with Crippen LogP contribution in [0, 0.1) is 5.92 Å². The van der Waals surface area contributed by atoms with Crippen molar-refractivity contribution < 1.29 is 18.9 Å². The van der Waals surface area contributed by atoms with Crippen LogP contribution in [0.5, 0.6) is 23.0 Å². The van der Waals surface area contributed by atoms with Crippen molar-refractivity contribution in [2.45, 2.75) is 19.1 Å². The van der Waals surface area contributed by atoms with Crippen LogP contribution in [0.3, 0.4) is 0 Å². The lowest BCUT2D eigenvalue weighted by Crippen LogP contribution is -2.47. The molecule has 3 aromatic rings. The molecule has 2 heterocycles. The number of hydrogen-bond acceptors (Lipinski definition) is 6. The number of methoxy groups -OCH3 is 1. The van der Waals surface area contributed by atoms with Crippen LogP contribution in [0.25, 0.3) is 0 Å². The summed E-state index contributed by atoms with van der Waals surface area (Å²) >= 11 is 0. The van der Waals surface area contributed by atoms with Gasteiger partial charge in [-0.1, -0.05) is 37.3 Å². The van der Waals surface area contributed by atoms with Gasteiger partial charge in [-0.2, -0.15) is 5.43 Å². The summed E-state index contributed by atoms with van der Waals surface area (Å²) in [6.45, 7) is 2.42. The maximum Gasteiger partial charge on any atom is 0.231 e. The average Bonchev–Trinajstić information content (AvgIpc) is 3.25. The van der Waals surface area contributed by atoms with Crippen molar-refractivity contribution >= 4 is 5.69 Å². The van der Waals surface area contributed by atoms with Gasteiger partial charge in [0, 0.05) is 29.2 Å². The van der Waals surface area contributed by atoms with Crippen molar-refractivity contribution in [3.63, 3.8) is 0 Å². The van der Waals surface area contributed by atoms with Crippen LogP contribution in [-0.4, -0.2) is 20.1 Å². The molecule has 0 spiro atoms. The van der Waals surface area contributed by atoms with Crippen molar-refractivity contribution in [2.75, 3.05) is 19.3 Å². The van der Waals surface area contributed by atoms with Crippen LogP contribution < -0.4 is 29.8 Å². The number of fused-ring (bicyclic) bond motifs is 2. The molecule has 3 atom stereocenters. The van der Waals surface area contributed by atoms with Crippen LogP contribution >= 0.6 is 0 Å². The van der Waals surface area contributed by atoms with E-state index >= 15 is 0 Å². The lowest BCUT2D eigenvalue weighted by atomic mass is 9.78. The number of benzene rings is 3. The smallest absolute Gasteiger partial charge is 0.231 e. The maximum atomic E-state index is 6.35. The second-order valence-corrected chi connectivity index (χ2v) is 7.53. The Morgan fingerprint density at radius 3 is 2.37 bits per heavy atom. The fourth-order valence-electron chi connectivity index (χ4n) is 4.12. The van der Waals surface area contributed by atoms with Crippen LogP contribution in [0.15, 0.2) is 66.7 Å². The van der Waals surface area contributed by atoms with Crippen LogP contribution in [0.2, 0.25) is 0 Å². The Morgan fingerprint density at radius 2 is 1.63 bits per heavy atom. The maximum absolute atomic E-state index is 6.35. The summed E-state index contributed by atoms with van der Waals surface area (Å²) in [5, 5.41) is 0. The van der Waals surface area contributed by atoms with Crippen LogP contribution in [-0.2, 0) is 0 Å². The van der Waals surface area contributed by atoms with Crippen molar-refractivity contribution in [3.8, 4) is 23.0 Å². The highest BCUT2D eigenvalue weighted by atomic mass is 16.7. The minimum Gasteiger partial charge on any atom is -0.497 e. The van der Waals surface area contributed by atoms with Gasteiger partial charge < -0.3 is 24.4 Å². The highest BCUT2D eigenvalue weighted by Crippen LogP contribution is 2.48. The van der Waals surface area contributed by atoms with Gasteiger partial charge in [0.1, 0.15) is 11.5 Å². The summed E-state index contributed by atoms with van der Waals surface area (Å²) < 4.78 is 22.9. The van der Waals surface area contributed by atoms with Gasteiger partial charge in [-0.15, -0.1) is 0 Å². The minimum atomic E-state index is -0.245. The third kappa shape index (κ3) is 3.39. The van der Waals surface area contributed by atoms with E-state index in [0.717, 1.165) is 28.5 Å². The standard InChI is InChI=1S/C24H24N2O4/c1-15-23(16-8-10-18(27-2)11-9-16)19-12-21-22(29-14-28-21)13-20(19)30-24(15)26-25-17-6-4-3-5-7-17/h3-13,15,23-26H,14H2,1-2H3/t15-,23-,24+/m1/s1. The molecule has 0 aromatic heterocycles. The van der Waals surface area contributed by atoms with E-state index in [1.165, 1.54) is 5.56 Å². The molecule has 0 aliphatic carbocycles. The van der Waals surface area contributed by atoms with Crippen molar-refractivity contribution in [1.29, 1.82) is 0 Å². The first-order chi connectivity index (χ1) is 14.7. The molecule has 0 saturated heterocycles. The SMILES string of the molecule is COc1ccc([C@@H]2c3cc4c(cc3O[C@H](NNc3ccccc3)[C@@H]2C)OCO4)cc1. The molecule has 0 bridgehead atoms. The van der Waals surface area contributed by atoms with Gasteiger partial charge in [0.2, 0.25) is 6.79 Å². The number of nitrogens with one attached hydrogen (secondary N) is 2. The molecule has 3 aromatic carbocycles. The molecule has 2 aliphatic rings. The Labute approximate surface area is 175 Å². The van der Waals surface area contributed by atoms with E-state index in [9.17, 15) is 0 Å². The molecule has 0 unspecified atom stereocenters. The number of ether oxygens (including phenoxy) is 4. The Morgan fingerprint density at radius 1 is 0.900 bits per heavy atom. The van der Waals surface area contributed by atoms with Gasteiger partial charge in [-0.3, -0.25) is 0 Å². The molecular weight excluding hydrogens is 380 g/mol. The fourth-order valence-corrected chi connectivity index (χ4v) is 4.12. The number of hydrazine groups is 1. The fraction of sp³-hybridized carbons (Fsp3) is 0.250. The number of rotatable bonds is 5. The van der Waals surface area contributed by atoms with Crippen LogP contribution in [0.4, 0.5) is 5.69 Å². The lowest BCUT2D eigenvalue weighted by Gasteiger charge is -2.38. The number of para-hydroxylation sites is 1. The molecule has 0 amide bonds. The second-order valence-electron chi connectivity index (χ2n) is 7.53. The van der Waals surface area contributed by atoms with E-state index in [0.29, 0.717) is 5.75 Å². The van der Waals surface area contributed by atoms with E-state index < -0.39 is 0 Å². The Hall–Kier alpha value is -3.38. The van der Waals surface area contributed by atoms with Gasteiger partial charge in [0.25, 0.3) is 0 Å². The molecule has 5 rings (SSSR count). The van der Waals surface area contributed by atoms with E-state index in [2.05, 4.69) is 29.9 Å². The van der Waals surface area contributed by atoms with Crippen molar-refractivity contribution in [2.24, 2.45) is 5.92 Å². The third-order valence-electron chi connectivity index (χ3n) is 5.70.